The van der Waals surface area contributed by atoms with Crippen molar-refractivity contribution in [3.63, 3.8) is 0 Å². The molecular weight excluding hydrogens is 427 g/mol. The van der Waals surface area contributed by atoms with Crippen LogP contribution in [0.1, 0.15) is 5.69 Å². The lowest BCUT2D eigenvalue weighted by Crippen LogP contribution is -1.99. The normalized spacial score (nSPS) is 10.9. The summed E-state index contributed by atoms with van der Waals surface area (Å²) in [5, 5.41) is 0.354. The van der Waals surface area contributed by atoms with Crippen LogP contribution in [0.2, 0.25) is 9.49 Å². The highest BCUT2D eigenvalue weighted by Crippen LogP contribution is 2.38. The van der Waals surface area contributed by atoms with Gasteiger partial charge in [0.05, 0.1) is 21.7 Å². The van der Waals surface area contributed by atoms with Gasteiger partial charge in [-0.05, 0) is 37.9 Å². The molecule has 0 bridgehead atoms. The molecule has 0 amide bonds. The number of nitrogens with zero attached hydrogens (tertiary/aromatic N) is 2. The first-order chi connectivity index (χ1) is 8.52. The van der Waals surface area contributed by atoms with Crippen molar-refractivity contribution < 1.29 is 4.74 Å². The zero-order chi connectivity index (χ0) is 13.3. The van der Waals surface area contributed by atoms with Crippen LogP contribution < -0.4 is 0 Å². The van der Waals surface area contributed by atoms with Gasteiger partial charge in [-0.15, -0.1) is 11.3 Å². The van der Waals surface area contributed by atoms with Crippen molar-refractivity contribution in [1.82, 2.24) is 9.97 Å². The molecule has 0 aliphatic carbocycles. The minimum Gasteiger partial charge on any atom is -0.378 e. The first-order valence-corrected chi connectivity index (χ1v) is 7.84. The van der Waals surface area contributed by atoms with Crippen molar-refractivity contribution in [1.29, 1.82) is 0 Å². The fraction of sp³-hybridized carbons (Fsp3) is 0.200. The number of rotatable bonds is 3. The van der Waals surface area contributed by atoms with E-state index in [2.05, 4.69) is 41.8 Å². The van der Waals surface area contributed by atoms with Crippen LogP contribution in [0.15, 0.2) is 15.0 Å². The molecule has 0 atom stereocenters. The predicted octanol–water partition coefficient (Wildman–Crippen LogP) is 5.18. The molecule has 0 aromatic carbocycles. The summed E-state index contributed by atoms with van der Waals surface area (Å²) in [5.41, 5.74) is 0.702. The summed E-state index contributed by atoms with van der Waals surface area (Å²) in [6.45, 7) is 0.357. The van der Waals surface area contributed by atoms with E-state index in [4.69, 9.17) is 27.9 Å². The molecule has 0 radical (unpaired) electrons. The van der Waals surface area contributed by atoms with Gasteiger partial charge in [-0.2, -0.15) is 0 Å². The molecule has 2 aromatic heterocycles. The van der Waals surface area contributed by atoms with E-state index in [9.17, 15) is 0 Å². The minimum absolute atomic E-state index is 0.354. The lowest BCUT2D eigenvalue weighted by atomic mass is 10.4. The zero-order valence-corrected chi connectivity index (χ0v) is 14.5. The number of halogens is 4. The Morgan fingerprint density at radius 2 is 2.06 bits per heavy atom. The van der Waals surface area contributed by atoms with E-state index < -0.39 is 0 Å². The summed E-state index contributed by atoms with van der Waals surface area (Å²) >= 11 is 20.1. The highest BCUT2D eigenvalue weighted by Gasteiger charge is 2.15. The van der Waals surface area contributed by atoms with Crippen LogP contribution in [-0.4, -0.2) is 17.1 Å². The monoisotopic (exact) mass is 430 g/mol. The molecule has 0 saturated heterocycles. The van der Waals surface area contributed by atoms with Crippen LogP contribution in [0.5, 0.6) is 0 Å². The second-order valence-corrected chi connectivity index (χ2v) is 6.92. The van der Waals surface area contributed by atoms with Crippen molar-refractivity contribution >= 4 is 66.4 Å². The fourth-order valence-electron chi connectivity index (χ4n) is 1.26. The van der Waals surface area contributed by atoms with E-state index in [1.165, 1.54) is 11.3 Å². The minimum atomic E-state index is 0.354. The van der Waals surface area contributed by atoms with Crippen molar-refractivity contribution in [2.24, 2.45) is 0 Å². The van der Waals surface area contributed by atoms with E-state index in [1.807, 2.05) is 6.07 Å². The smallest absolute Gasteiger partial charge is 0.171 e. The van der Waals surface area contributed by atoms with E-state index >= 15 is 0 Å². The molecule has 0 unspecified atom stereocenters. The Hall–Kier alpha value is 0.280. The van der Waals surface area contributed by atoms with Gasteiger partial charge in [-0.1, -0.05) is 23.2 Å². The Bertz CT molecular complexity index is 572. The maximum absolute atomic E-state index is 6.06. The van der Waals surface area contributed by atoms with Gasteiger partial charge in [0, 0.05) is 11.6 Å². The summed E-state index contributed by atoms with van der Waals surface area (Å²) in [6.07, 6.45) is 0. The second-order valence-electron chi connectivity index (χ2n) is 3.26. The number of aromatic nitrogens is 2. The van der Waals surface area contributed by atoms with Crippen molar-refractivity contribution in [3.05, 3.63) is 30.2 Å². The van der Waals surface area contributed by atoms with E-state index in [-0.39, 0.29) is 0 Å². The van der Waals surface area contributed by atoms with Crippen molar-refractivity contribution in [2.75, 3.05) is 7.11 Å². The molecule has 0 fully saturated rings. The van der Waals surface area contributed by atoms with Gasteiger partial charge in [0.1, 0.15) is 9.49 Å². The average molecular weight is 433 g/mol. The Morgan fingerprint density at radius 1 is 1.33 bits per heavy atom. The first kappa shape index (κ1) is 14.7. The second kappa shape index (κ2) is 6.15. The molecule has 2 heterocycles. The van der Waals surface area contributed by atoms with Crippen LogP contribution in [0.25, 0.3) is 10.7 Å². The van der Waals surface area contributed by atoms with Crippen molar-refractivity contribution in [3.8, 4) is 10.7 Å². The van der Waals surface area contributed by atoms with E-state index in [0.29, 0.717) is 32.1 Å². The van der Waals surface area contributed by atoms with Gasteiger partial charge < -0.3 is 4.74 Å². The standard InChI is InChI=1S/C10H6Br2Cl2N2OS/c1-17-3-5-7(12)8(13)16-10(15-5)6-2-4(11)9(14)18-6/h2H,3H2,1H3. The number of methoxy groups -OCH3 is 1. The van der Waals surface area contributed by atoms with Gasteiger partial charge in [0.15, 0.2) is 5.82 Å². The van der Waals surface area contributed by atoms with E-state index in [0.717, 1.165) is 9.35 Å². The molecule has 96 valence electrons. The Balaban J connectivity index is 2.51. The van der Waals surface area contributed by atoms with Crippen LogP contribution in [0.3, 0.4) is 0 Å². The molecule has 3 nitrogen and oxygen atoms in total. The predicted molar refractivity (Wildman–Crippen MR) is 81.5 cm³/mol. The molecule has 0 aliphatic heterocycles. The molecule has 8 heteroatoms. The Morgan fingerprint density at radius 3 is 2.61 bits per heavy atom. The third-order valence-electron chi connectivity index (χ3n) is 2.03. The largest absolute Gasteiger partial charge is 0.378 e. The van der Waals surface area contributed by atoms with Gasteiger partial charge in [0.2, 0.25) is 0 Å². The zero-order valence-electron chi connectivity index (χ0n) is 9.01. The number of hydrogen-bond donors (Lipinski definition) is 0. The summed E-state index contributed by atoms with van der Waals surface area (Å²) in [5.74, 6) is 0.535. The Kier molecular flexibility index (Phi) is 5.02. The van der Waals surface area contributed by atoms with Crippen LogP contribution in [-0.2, 0) is 11.3 Å². The maximum atomic E-state index is 6.06. The maximum Gasteiger partial charge on any atom is 0.171 e. The lowest BCUT2D eigenvalue weighted by Gasteiger charge is -2.06. The lowest BCUT2D eigenvalue weighted by molar-refractivity contribution is 0.181. The van der Waals surface area contributed by atoms with Crippen LogP contribution >= 0.6 is 66.4 Å². The Labute approximate surface area is 135 Å². The van der Waals surface area contributed by atoms with Gasteiger partial charge in [-0.3, -0.25) is 0 Å². The summed E-state index contributed by atoms with van der Waals surface area (Å²) in [6, 6.07) is 1.86. The quantitative estimate of drug-likeness (QED) is 0.626. The molecule has 0 N–H and O–H groups in total. The molecule has 0 saturated carbocycles. The summed E-state index contributed by atoms with van der Waals surface area (Å²) < 4.78 is 7.20. The number of hydrogen-bond acceptors (Lipinski definition) is 4. The SMILES string of the molecule is COCc1nc(-c2cc(Br)c(Cl)s2)nc(Cl)c1Br. The highest BCUT2D eigenvalue weighted by molar-refractivity contribution is 9.11. The summed E-state index contributed by atoms with van der Waals surface area (Å²) in [7, 11) is 1.60. The number of thiophene rings is 1. The average Bonchev–Trinajstić information content (AvgIpc) is 2.65. The molecule has 0 aliphatic rings. The van der Waals surface area contributed by atoms with E-state index in [1.54, 1.807) is 7.11 Å². The van der Waals surface area contributed by atoms with Gasteiger partial charge in [-0.25, -0.2) is 9.97 Å². The topological polar surface area (TPSA) is 35.0 Å². The van der Waals surface area contributed by atoms with Crippen LogP contribution in [0.4, 0.5) is 0 Å². The molecule has 18 heavy (non-hydrogen) atoms. The molecule has 2 aromatic rings. The third-order valence-corrected chi connectivity index (χ3v) is 5.83. The van der Waals surface area contributed by atoms with Gasteiger partial charge >= 0.3 is 0 Å². The highest BCUT2D eigenvalue weighted by atomic mass is 79.9. The van der Waals surface area contributed by atoms with Crippen molar-refractivity contribution in [2.45, 2.75) is 6.61 Å². The molecule has 0 spiro atoms. The number of ether oxygens (including phenoxy) is 1. The molecular formula is C10H6Br2Cl2N2OS. The fourth-order valence-corrected chi connectivity index (χ4v) is 3.38. The summed E-state index contributed by atoms with van der Waals surface area (Å²) in [4.78, 5) is 9.48. The van der Waals surface area contributed by atoms with Crippen LogP contribution in [0, 0.1) is 0 Å². The van der Waals surface area contributed by atoms with Gasteiger partial charge in [0.25, 0.3) is 0 Å². The first-order valence-electron chi connectivity index (χ1n) is 4.69. The third kappa shape index (κ3) is 3.05. The molecule has 2 rings (SSSR count).